The molecule has 4 heterocycles. The second kappa shape index (κ2) is 11.4. The van der Waals surface area contributed by atoms with Crippen LogP contribution in [0.25, 0.3) is 5.52 Å². The van der Waals surface area contributed by atoms with Gasteiger partial charge in [-0.15, -0.1) is 0 Å². The van der Waals surface area contributed by atoms with E-state index in [0.717, 1.165) is 64.8 Å². The van der Waals surface area contributed by atoms with Crippen molar-refractivity contribution in [1.82, 2.24) is 29.6 Å². The molecule has 5 atom stereocenters. The molecule has 7 nitrogen and oxygen atoms in total. The van der Waals surface area contributed by atoms with Crippen molar-refractivity contribution in [1.29, 1.82) is 0 Å². The van der Waals surface area contributed by atoms with E-state index in [2.05, 4.69) is 34.5 Å². The molecule has 2 saturated carbocycles. The summed E-state index contributed by atoms with van der Waals surface area (Å²) < 4.78 is 45.8. The van der Waals surface area contributed by atoms with E-state index in [1.807, 2.05) is 0 Å². The first-order chi connectivity index (χ1) is 19.2. The van der Waals surface area contributed by atoms with Crippen molar-refractivity contribution in [3.05, 3.63) is 40.1 Å². The molecule has 0 bridgehead atoms. The lowest BCUT2D eigenvalue weighted by molar-refractivity contribution is -0.136. The molecular weight excluding hydrogens is 517 g/mol. The normalized spacial score (nSPS) is 30.1. The molecule has 40 heavy (non-hydrogen) atoms. The summed E-state index contributed by atoms with van der Waals surface area (Å²) in [5, 5.41) is 0. The summed E-state index contributed by atoms with van der Waals surface area (Å²) in [6, 6.07) is 1.19. The summed E-state index contributed by atoms with van der Waals surface area (Å²) >= 11 is 0. The molecule has 0 radical (unpaired) electrons. The van der Waals surface area contributed by atoms with Crippen molar-refractivity contribution in [2.45, 2.75) is 96.6 Å². The van der Waals surface area contributed by atoms with E-state index in [9.17, 15) is 18.0 Å². The molecule has 2 aliphatic carbocycles. The van der Waals surface area contributed by atoms with Crippen LogP contribution >= 0.6 is 0 Å². The third-order valence-electron chi connectivity index (χ3n) is 10.3. The Morgan fingerprint density at radius 2 is 1.82 bits per heavy atom. The SMILES string of the molecule is CCN1CNNC1[C@H](C1CCC1)C1CCCC(n2cc3c(C(F)(F)F)cc(CN4CCC[C@H](C)C4)cn3c2=O)C1. The van der Waals surface area contributed by atoms with E-state index in [1.165, 1.54) is 35.9 Å². The van der Waals surface area contributed by atoms with Gasteiger partial charge in [-0.3, -0.25) is 18.8 Å². The average Bonchev–Trinajstić information content (AvgIpc) is 3.49. The van der Waals surface area contributed by atoms with Gasteiger partial charge in [-0.2, -0.15) is 13.2 Å². The zero-order chi connectivity index (χ0) is 28.0. The molecule has 10 heteroatoms. The highest BCUT2D eigenvalue weighted by Gasteiger charge is 2.44. The van der Waals surface area contributed by atoms with Gasteiger partial charge in [-0.05, 0) is 80.5 Å². The van der Waals surface area contributed by atoms with Crippen LogP contribution in [0.3, 0.4) is 0 Å². The number of imidazole rings is 1. The Morgan fingerprint density at radius 1 is 1.05 bits per heavy atom. The minimum Gasteiger partial charge on any atom is -0.299 e. The molecule has 2 saturated heterocycles. The van der Waals surface area contributed by atoms with Gasteiger partial charge in [0.1, 0.15) is 0 Å². The minimum absolute atomic E-state index is 0.0234. The fourth-order valence-corrected chi connectivity index (χ4v) is 8.14. The number of hydrazine groups is 1. The number of likely N-dealkylation sites (tertiary alicyclic amines) is 1. The van der Waals surface area contributed by atoms with E-state index in [-0.39, 0.29) is 23.4 Å². The van der Waals surface area contributed by atoms with E-state index in [4.69, 9.17) is 0 Å². The Kier molecular flexibility index (Phi) is 8.07. The van der Waals surface area contributed by atoms with Crippen LogP contribution in [0.4, 0.5) is 13.2 Å². The van der Waals surface area contributed by atoms with E-state index < -0.39 is 11.7 Å². The van der Waals surface area contributed by atoms with Crippen LogP contribution in [0.15, 0.2) is 23.3 Å². The van der Waals surface area contributed by atoms with Gasteiger partial charge < -0.3 is 0 Å². The highest BCUT2D eigenvalue weighted by atomic mass is 19.4. The maximum atomic E-state index is 14.3. The number of nitrogens with one attached hydrogen (secondary N) is 2. The van der Waals surface area contributed by atoms with Crippen molar-refractivity contribution < 1.29 is 13.2 Å². The number of nitrogens with zero attached hydrogens (tertiary/aromatic N) is 4. The topological polar surface area (TPSA) is 56.9 Å². The maximum absolute atomic E-state index is 14.3. The number of fused-ring (bicyclic) bond motifs is 1. The molecule has 3 unspecified atom stereocenters. The fourth-order valence-electron chi connectivity index (χ4n) is 8.14. The number of hydrogen-bond donors (Lipinski definition) is 2. The maximum Gasteiger partial charge on any atom is 0.418 e. The Bertz CT molecular complexity index is 1240. The lowest BCUT2D eigenvalue weighted by Crippen LogP contribution is -2.51. The zero-order valence-corrected chi connectivity index (χ0v) is 23.9. The number of rotatable bonds is 7. The minimum atomic E-state index is -4.52. The first kappa shape index (κ1) is 28.2. The third kappa shape index (κ3) is 5.49. The molecule has 2 N–H and O–H groups in total. The molecule has 0 spiro atoms. The van der Waals surface area contributed by atoms with Crippen molar-refractivity contribution >= 4 is 5.52 Å². The number of aromatic nitrogens is 2. The summed E-state index contributed by atoms with van der Waals surface area (Å²) in [6.07, 6.45) is 8.64. The van der Waals surface area contributed by atoms with Gasteiger partial charge in [0, 0.05) is 31.5 Å². The van der Waals surface area contributed by atoms with E-state index >= 15 is 0 Å². The van der Waals surface area contributed by atoms with Crippen LogP contribution in [0.2, 0.25) is 0 Å². The lowest BCUT2D eigenvalue weighted by atomic mass is 9.65. The van der Waals surface area contributed by atoms with Crippen LogP contribution < -0.4 is 16.5 Å². The number of hydrogen-bond acceptors (Lipinski definition) is 5. The predicted molar refractivity (Wildman–Crippen MR) is 149 cm³/mol. The molecule has 2 aromatic rings. The summed E-state index contributed by atoms with van der Waals surface area (Å²) in [4.78, 5) is 18.4. The van der Waals surface area contributed by atoms with Crippen LogP contribution in [0.1, 0.15) is 88.8 Å². The van der Waals surface area contributed by atoms with Crippen LogP contribution in [-0.2, 0) is 12.7 Å². The standard InChI is InChI=1S/C30H45F3N6O/c1-3-37-19-34-35-28(37)27(22-8-4-9-22)23-10-5-11-24(14-23)38-18-26-25(30(31,32)33)13-21(17-39(26)29(38)40)16-36-12-6-7-20(2)15-36/h13,17-18,20,22-24,27-28,34-35H,3-12,14-16,19H2,1-2H3/t20-,23?,24?,27+,28?/m0/s1. The smallest absolute Gasteiger partial charge is 0.299 e. The molecule has 0 aromatic carbocycles. The highest BCUT2D eigenvalue weighted by Crippen LogP contribution is 2.47. The molecule has 222 valence electrons. The molecule has 2 aromatic heterocycles. The molecule has 6 rings (SSSR count). The van der Waals surface area contributed by atoms with Crippen LogP contribution in [-0.4, -0.2) is 51.2 Å². The van der Waals surface area contributed by atoms with Crippen molar-refractivity contribution in [3.8, 4) is 0 Å². The lowest BCUT2D eigenvalue weighted by Gasteiger charge is -2.46. The number of pyridine rings is 1. The van der Waals surface area contributed by atoms with Gasteiger partial charge in [-0.25, -0.2) is 15.6 Å². The Balaban J connectivity index is 1.30. The zero-order valence-electron chi connectivity index (χ0n) is 23.9. The molecule has 2 aliphatic heterocycles. The van der Waals surface area contributed by atoms with Gasteiger partial charge in [-0.1, -0.05) is 39.5 Å². The highest BCUT2D eigenvalue weighted by molar-refractivity contribution is 5.56. The molecule has 4 fully saturated rings. The Hall–Kier alpha value is -1.88. The number of halogens is 3. The second-order valence-electron chi connectivity index (χ2n) is 13.0. The van der Waals surface area contributed by atoms with Gasteiger partial charge in [0.15, 0.2) is 0 Å². The van der Waals surface area contributed by atoms with E-state index in [0.29, 0.717) is 35.8 Å². The van der Waals surface area contributed by atoms with Gasteiger partial charge >= 0.3 is 11.9 Å². The summed E-state index contributed by atoms with van der Waals surface area (Å²) in [6.45, 7) is 8.36. The van der Waals surface area contributed by atoms with Gasteiger partial charge in [0.05, 0.1) is 23.9 Å². The van der Waals surface area contributed by atoms with Crippen molar-refractivity contribution in [2.24, 2.45) is 23.7 Å². The first-order valence-electron chi connectivity index (χ1n) is 15.5. The summed E-state index contributed by atoms with van der Waals surface area (Å²) in [5.41, 5.74) is 6.35. The van der Waals surface area contributed by atoms with E-state index in [1.54, 1.807) is 10.8 Å². The predicted octanol–water partition coefficient (Wildman–Crippen LogP) is 5.21. The molecular formula is C30H45F3N6O. The monoisotopic (exact) mass is 562 g/mol. The van der Waals surface area contributed by atoms with Crippen molar-refractivity contribution in [2.75, 3.05) is 26.3 Å². The molecule has 0 amide bonds. The largest absolute Gasteiger partial charge is 0.418 e. The first-order valence-corrected chi connectivity index (χ1v) is 15.5. The Morgan fingerprint density at radius 3 is 2.52 bits per heavy atom. The molecule has 4 aliphatic rings. The van der Waals surface area contributed by atoms with Crippen LogP contribution in [0, 0.1) is 23.7 Å². The summed E-state index contributed by atoms with van der Waals surface area (Å²) in [7, 11) is 0. The number of piperidine rings is 1. The van der Waals surface area contributed by atoms with Crippen LogP contribution in [0.5, 0.6) is 0 Å². The van der Waals surface area contributed by atoms with Gasteiger partial charge in [0.2, 0.25) is 0 Å². The van der Waals surface area contributed by atoms with Gasteiger partial charge in [0.25, 0.3) is 0 Å². The quantitative estimate of drug-likeness (QED) is 0.485. The average molecular weight is 563 g/mol. The number of alkyl halides is 3. The second-order valence-corrected chi connectivity index (χ2v) is 13.0. The van der Waals surface area contributed by atoms with Crippen molar-refractivity contribution in [3.63, 3.8) is 0 Å². The fraction of sp³-hybridized carbons (Fsp3) is 0.767. The summed E-state index contributed by atoms with van der Waals surface area (Å²) in [5.74, 6) is 2.11. The Labute approximate surface area is 235 Å². The third-order valence-corrected chi connectivity index (χ3v) is 10.3.